The number of carbonyl (C=O) groups excluding carboxylic acids is 1. The highest BCUT2D eigenvalue weighted by molar-refractivity contribution is 9.10. The van der Waals surface area contributed by atoms with Gasteiger partial charge in [0.15, 0.2) is 0 Å². The van der Waals surface area contributed by atoms with E-state index in [2.05, 4.69) is 26.0 Å². The van der Waals surface area contributed by atoms with Crippen LogP contribution in [0.4, 0.5) is 0 Å². The van der Waals surface area contributed by atoms with Crippen molar-refractivity contribution in [1.82, 2.24) is 10.0 Å². The van der Waals surface area contributed by atoms with Crippen LogP contribution < -0.4 is 10.0 Å². The Morgan fingerprint density at radius 2 is 2.06 bits per heavy atom. The van der Waals surface area contributed by atoms with Crippen LogP contribution in [0.15, 0.2) is 22.7 Å². The maximum atomic E-state index is 11.7. The molecule has 0 saturated heterocycles. The molecule has 1 amide bonds. The van der Waals surface area contributed by atoms with Gasteiger partial charge in [-0.25, -0.2) is 13.1 Å². The molecule has 0 heterocycles. The molecule has 0 bridgehead atoms. The van der Waals surface area contributed by atoms with E-state index in [9.17, 15) is 13.2 Å². The summed E-state index contributed by atoms with van der Waals surface area (Å²) in [5.41, 5.74) is 0.338. The fourth-order valence-corrected chi connectivity index (χ4v) is 2.22. The van der Waals surface area contributed by atoms with E-state index in [1.807, 2.05) is 0 Å². The maximum absolute atomic E-state index is 11.7. The minimum absolute atomic E-state index is 0.135. The Morgan fingerprint density at radius 3 is 2.67 bits per heavy atom. The van der Waals surface area contributed by atoms with Crippen molar-refractivity contribution in [3.05, 3.63) is 33.3 Å². The molecule has 2 N–H and O–H groups in total. The van der Waals surface area contributed by atoms with Gasteiger partial charge in [-0.2, -0.15) is 0 Å². The Bertz CT molecular complexity index is 548. The number of halogens is 2. The zero-order valence-electron chi connectivity index (χ0n) is 9.54. The third-order valence-electron chi connectivity index (χ3n) is 1.95. The quantitative estimate of drug-likeness (QED) is 0.784. The molecular formula is C10H12BrClN2O3S. The Balaban J connectivity index is 2.53. The number of amides is 1. The molecule has 100 valence electrons. The smallest absolute Gasteiger partial charge is 0.252 e. The molecule has 0 aliphatic carbocycles. The highest BCUT2D eigenvalue weighted by atomic mass is 79.9. The number of sulfonamides is 1. The largest absolute Gasteiger partial charge is 0.351 e. The van der Waals surface area contributed by atoms with Crippen LogP contribution >= 0.6 is 27.5 Å². The van der Waals surface area contributed by atoms with E-state index in [1.54, 1.807) is 18.2 Å². The lowest BCUT2D eigenvalue weighted by Crippen LogP contribution is -2.34. The molecule has 18 heavy (non-hydrogen) atoms. The monoisotopic (exact) mass is 354 g/mol. The van der Waals surface area contributed by atoms with Gasteiger partial charge in [0.1, 0.15) is 0 Å². The fraction of sp³-hybridized carbons (Fsp3) is 0.300. The molecular weight excluding hydrogens is 344 g/mol. The van der Waals surface area contributed by atoms with Gasteiger partial charge < -0.3 is 5.32 Å². The molecule has 5 nitrogen and oxygen atoms in total. The molecule has 0 radical (unpaired) electrons. The minimum atomic E-state index is -3.24. The summed E-state index contributed by atoms with van der Waals surface area (Å²) in [4.78, 5) is 11.7. The lowest BCUT2D eigenvalue weighted by molar-refractivity contribution is 0.0954. The Morgan fingerprint density at radius 1 is 1.39 bits per heavy atom. The average Bonchev–Trinajstić information content (AvgIpc) is 2.26. The first kappa shape index (κ1) is 15.4. The van der Waals surface area contributed by atoms with E-state index in [1.165, 1.54) is 0 Å². The van der Waals surface area contributed by atoms with Gasteiger partial charge in [-0.05, 0) is 18.2 Å². The molecule has 0 aromatic heterocycles. The molecule has 8 heteroatoms. The van der Waals surface area contributed by atoms with Crippen LogP contribution in [-0.4, -0.2) is 33.7 Å². The van der Waals surface area contributed by atoms with E-state index in [0.717, 1.165) is 10.7 Å². The van der Waals surface area contributed by atoms with Gasteiger partial charge in [-0.3, -0.25) is 4.79 Å². The zero-order chi connectivity index (χ0) is 13.8. The van der Waals surface area contributed by atoms with E-state index in [-0.39, 0.29) is 19.0 Å². The van der Waals surface area contributed by atoms with Crippen molar-refractivity contribution in [3.8, 4) is 0 Å². The molecule has 0 saturated carbocycles. The van der Waals surface area contributed by atoms with Gasteiger partial charge in [-0.15, -0.1) is 0 Å². The SMILES string of the molecule is CS(=O)(=O)NCCNC(=O)c1cc(Br)ccc1Cl. The first-order chi connectivity index (χ1) is 8.29. The third-order valence-corrected chi connectivity index (χ3v) is 3.50. The van der Waals surface area contributed by atoms with Crippen LogP contribution in [0, 0.1) is 0 Å². The van der Waals surface area contributed by atoms with Gasteiger partial charge in [0.2, 0.25) is 10.0 Å². The van der Waals surface area contributed by atoms with Gasteiger partial charge in [0, 0.05) is 17.6 Å². The van der Waals surface area contributed by atoms with Gasteiger partial charge in [0.05, 0.1) is 16.8 Å². The third kappa shape index (κ3) is 5.34. The normalized spacial score (nSPS) is 11.3. The van der Waals surface area contributed by atoms with Gasteiger partial charge in [-0.1, -0.05) is 27.5 Å². The average molecular weight is 356 g/mol. The predicted octanol–water partition coefficient (Wildman–Crippen LogP) is 1.38. The van der Waals surface area contributed by atoms with Crippen molar-refractivity contribution < 1.29 is 13.2 Å². The summed E-state index contributed by atoms with van der Waals surface area (Å²) >= 11 is 9.13. The molecule has 0 aliphatic heterocycles. The molecule has 0 atom stereocenters. The summed E-state index contributed by atoms with van der Waals surface area (Å²) < 4.78 is 24.6. The summed E-state index contributed by atoms with van der Waals surface area (Å²) in [7, 11) is -3.24. The molecule has 1 rings (SSSR count). The number of nitrogens with one attached hydrogen (secondary N) is 2. The zero-order valence-corrected chi connectivity index (χ0v) is 12.7. The first-order valence-electron chi connectivity index (χ1n) is 4.97. The second-order valence-electron chi connectivity index (χ2n) is 3.55. The number of benzene rings is 1. The number of hydrogen-bond donors (Lipinski definition) is 2. The van der Waals surface area contributed by atoms with Crippen LogP contribution in [0.1, 0.15) is 10.4 Å². The van der Waals surface area contributed by atoms with E-state index < -0.39 is 10.0 Å². The summed E-state index contributed by atoms with van der Waals surface area (Å²) in [6, 6.07) is 4.93. The van der Waals surface area contributed by atoms with Crippen LogP contribution in [0.3, 0.4) is 0 Å². The van der Waals surface area contributed by atoms with E-state index in [4.69, 9.17) is 11.6 Å². The lowest BCUT2D eigenvalue weighted by Gasteiger charge is -2.07. The van der Waals surface area contributed by atoms with Crippen LogP contribution in [0.2, 0.25) is 5.02 Å². The minimum Gasteiger partial charge on any atom is -0.351 e. The Hall–Kier alpha value is -0.630. The highest BCUT2D eigenvalue weighted by Gasteiger charge is 2.10. The lowest BCUT2D eigenvalue weighted by atomic mass is 10.2. The standard InChI is InChI=1S/C10H12BrClN2O3S/c1-18(16,17)14-5-4-13-10(15)8-6-7(11)2-3-9(8)12/h2-3,6,14H,4-5H2,1H3,(H,13,15). The van der Waals surface area contributed by atoms with Crippen molar-refractivity contribution in [3.63, 3.8) is 0 Å². The summed E-state index contributed by atoms with van der Waals surface area (Å²) in [6.07, 6.45) is 1.06. The molecule has 0 fully saturated rings. The molecule has 0 aliphatic rings. The van der Waals surface area contributed by atoms with Crippen LogP contribution in [0.5, 0.6) is 0 Å². The van der Waals surface area contributed by atoms with Crippen molar-refractivity contribution in [2.24, 2.45) is 0 Å². The molecule has 1 aromatic carbocycles. The number of hydrogen-bond acceptors (Lipinski definition) is 3. The Labute approximate surface area is 119 Å². The topological polar surface area (TPSA) is 75.3 Å². The van der Waals surface area contributed by atoms with Crippen molar-refractivity contribution in [2.75, 3.05) is 19.3 Å². The fourth-order valence-electron chi connectivity index (χ4n) is 1.18. The van der Waals surface area contributed by atoms with Gasteiger partial charge >= 0.3 is 0 Å². The van der Waals surface area contributed by atoms with Crippen molar-refractivity contribution >= 4 is 43.5 Å². The molecule has 1 aromatic rings. The first-order valence-corrected chi connectivity index (χ1v) is 8.04. The second kappa shape index (κ2) is 6.51. The highest BCUT2D eigenvalue weighted by Crippen LogP contribution is 2.20. The van der Waals surface area contributed by atoms with Crippen molar-refractivity contribution in [1.29, 1.82) is 0 Å². The maximum Gasteiger partial charge on any atom is 0.252 e. The predicted molar refractivity (Wildman–Crippen MR) is 74.3 cm³/mol. The van der Waals surface area contributed by atoms with Crippen LogP contribution in [0.25, 0.3) is 0 Å². The van der Waals surface area contributed by atoms with Gasteiger partial charge in [0.25, 0.3) is 5.91 Å². The van der Waals surface area contributed by atoms with E-state index >= 15 is 0 Å². The Kier molecular flexibility index (Phi) is 5.58. The summed E-state index contributed by atoms with van der Waals surface area (Å²) in [5, 5.41) is 2.91. The second-order valence-corrected chi connectivity index (χ2v) is 6.70. The summed E-state index contributed by atoms with van der Waals surface area (Å²) in [5.74, 6) is -0.350. The van der Waals surface area contributed by atoms with Crippen LogP contribution in [-0.2, 0) is 10.0 Å². The number of carbonyl (C=O) groups is 1. The molecule has 0 unspecified atom stereocenters. The molecule has 0 spiro atoms. The number of rotatable bonds is 5. The van der Waals surface area contributed by atoms with E-state index in [0.29, 0.717) is 10.6 Å². The summed E-state index contributed by atoms with van der Waals surface area (Å²) in [6.45, 7) is 0.324. The van der Waals surface area contributed by atoms with Crippen molar-refractivity contribution in [2.45, 2.75) is 0 Å².